The van der Waals surface area contributed by atoms with Gasteiger partial charge in [-0.3, -0.25) is 0 Å². The van der Waals surface area contributed by atoms with Gasteiger partial charge in [-0.05, 0) is 18.9 Å². The Labute approximate surface area is 90.3 Å². The van der Waals surface area contributed by atoms with Gasteiger partial charge in [-0.1, -0.05) is 12.2 Å². The minimum absolute atomic E-state index is 0.385. The van der Waals surface area contributed by atoms with Crippen LogP contribution in [-0.2, 0) is 14.8 Å². The molecule has 0 saturated carbocycles. The van der Waals surface area contributed by atoms with Gasteiger partial charge in [0.05, 0.1) is 18.1 Å². The second-order valence-electron chi connectivity index (χ2n) is 3.46. The van der Waals surface area contributed by atoms with E-state index in [1.807, 2.05) is 12.5 Å². The van der Waals surface area contributed by atoms with Crippen molar-refractivity contribution in [3.05, 3.63) is 29.6 Å². The number of allylic oxidation sites excluding steroid dienone is 3. The average Bonchev–Trinajstić information content (AvgIpc) is 2.31. The molecule has 2 aliphatic rings. The first-order valence-electron chi connectivity index (χ1n) is 4.99. The van der Waals surface area contributed by atoms with Gasteiger partial charge in [0.2, 0.25) is 10.0 Å². The number of sulfonamides is 1. The third-order valence-electron chi connectivity index (χ3n) is 2.44. The zero-order valence-corrected chi connectivity index (χ0v) is 9.24. The first kappa shape index (κ1) is 10.9. The molecule has 1 saturated heterocycles. The highest BCUT2D eigenvalue weighted by molar-refractivity contribution is 7.93. The Morgan fingerprint density at radius 3 is 2.60 bits per heavy atom. The van der Waals surface area contributed by atoms with Crippen molar-refractivity contribution in [3.63, 3.8) is 0 Å². The summed E-state index contributed by atoms with van der Waals surface area (Å²) in [5, 5.41) is 0. The summed E-state index contributed by atoms with van der Waals surface area (Å²) in [5.41, 5.74) is 0. The Morgan fingerprint density at radius 2 is 2.00 bits per heavy atom. The normalized spacial score (nSPS) is 23.9. The molecule has 0 atom stereocenters. The maximum Gasteiger partial charge on any atom is 0.242 e. The lowest BCUT2D eigenvalue weighted by atomic mass is 10.2. The molecular weight excluding hydrogens is 214 g/mol. The molecule has 1 fully saturated rings. The van der Waals surface area contributed by atoms with Crippen LogP contribution in [0.15, 0.2) is 23.1 Å². The summed E-state index contributed by atoms with van der Waals surface area (Å²) < 4.78 is 30.8. The number of hydrogen-bond acceptors (Lipinski definition) is 3. The number of rotatable bonds is 2. The van der Waals surface area contributed by atoms with Crippen LogP contribution in [0.2, 0.25) is 0 Å². The van der Waals surface area contributed by atoms with Crippen LogP contribution in [0.5, 0.6) is 0 Å². The molecule has 2 rings (SSSR count). The molecule has 1 aliphatic carbocycles. The number of nitrogens with zero attached hydrogens (tertiary/aromatic N) is 1. The second kappa shape index (κ2) is 4.47. The lowest BCUT2D eigenvalue weighted by Crippen LogP contribution is -2.41. The van der Waals surface area contributed by atoms with Crippen molar-refractivity contribution in [3.8, 4) is 0 Å². The van der Waals surface area contributed by atoms with E-state index in [-0.39, 0.29) is 0 Å². The third-order valence-corrected chi connectivity index (χ3v) is 4.36. The van der Waals surface area contributed by atoms with E-state index < -0.39 is 10.0 Å². The van der Waals surface area contributed by atoms with Crippen LogP contribution >= 0.6 is 0 Å². The summed E-state index contributed by atoms with van der Waals surface area (Å²) in [6.07, 6.45) is 7.86. The molecular formula is C10H14NO3S. The van der Waals surface area contributed by atoms with E-state index in [0.717, 1.165) is 6.42 Å². The van der Waals surface area contributed by atoms with Crippen LogP contribution in [0, 0.1) is 6.42 Å². The van der Waals surface area contributed by atoms with E-state index in [1.165, 1.54) is 4.31 Å². The highest BCUT2D eigenvalue weighted by Crippen LogP contribution is 2.20. The summed E-state index contributed by atoms with van der Waals surface area (Å²) in [4.78, 5) is 0.385. The molecule has 4 nitrogen and oxygen atoms in total. The lowest BCUT2D eigenvalue weighted by Gasteiger charge is -2.26. The first-order valence-corrected chi connectivity index (χ1v) is 6.43. The quantitative estimate of drug-likeness (QED) is 0.699. The average molecular weight is 228 g/mol. The maximum atomic E-state index is 12.1. The van der Waals surface area contributed by atoms with Gasteiger partial charge >= 0.3 is 0 Å². The molecule has 0 aromatic heterocycles. The molecule has 0 amide bonds. The van der Waals surface area contributed by atoms with Crippen LogP contribution in [0.3, 0.4) is 0 Å². The summed E-state index contributed by atoms with van der Waals surface area (Å²) in [7, 11) is -3.29. The molecule has 1 aliphatic heterocycles. The second-order valence-corrected chi connectivity index (χ2v) is 5.40. The summed E-state index contributed by atoms with van der Waals surface area (Å²) in [6, 6.07) is 0. The molecule has 0 aromatic carbocycles. The van der Waals surface area contributed by atoms with Gasteiger partial charge in [-0.25, -0.2) is 8.42 Å². The van der Waals surface area contributed by atoms with E-state index in [1.54, 1.807) is 12.2 Å². The van der Waals surface area contributed by atoms with E-state index in [0.29, 0.717) is 31.2 Å². The monoisotopic (exact) mass is 228 g/mol. The van der Waals surface area contributed by atoms with Gasteiger partial charge in [0.15, 0.2) is 0 Å². The van der Waals surface area contributed by atoms with Crippen LogP contribution in [-0.4, -0.2) is 39.0 Å². The molecule has 5 heteroatoms. The van der Waals surface area contributed by atoms with Gasteiger partial charge < -0.3 is 4.74 Å². The van der Waals surface area contributed by atoms with Crippen molar-refractivity contribution in [2.75, 3.05) is 26.3 Å². The fraction of sp³-hybridized carbons (Fsp3) is 0.500. The van der Waals surface area contributed by atoms with E-state index >= 15 is 0 Å². The molecule has 0 spiro atoms. The molecule has 83 valence electrons. The fourth-order valence-electron chi connectivity index (χ4n) is 1.61. The van der Waals surface area contributed by atoms with Gasteiger partial charge in [-0.15, -0.1) is 0 Å². The Balaban J connectivity index is 2.18. The molecule has 1 heterocycles. The van der Waals surface area contributed by atoms with Crippen molar-refractivity contribution < 1.29 is 13.2 Å². The van der Waals surface area contributed by atoms with Crippen molar-refractivity contribution in [2.24, 2.45) is 0 Å². The number of morpholine rings is 1. The van der Waals surface area contributed by atoms with E-state index in [9.17, 15) is 8.42 Å². The van der Waals surface area contributed by atoms with Crippen molar-refractivity contribution in [1.29, 1.82) is 0 Å². The predicted octanol–water partition coefficient (Wildman–Crippen LogP) is 0.696. The Hall–Kier alpha value is -0.650. The largest absolute Gasteiger partial charge is 0.379 e. The SMILES string of the molecule is O=S(=O)(C1=C[CH]CC=C1)N1CCOCC1. The van der Waals surface area contributed by atoms with Crippen LogP contribution < -0.4 is 0 Å². The van der Waals surface area contributed by atoms with Crippen LogP contribution in [0.4, 0.5) is 0 Å². The summed E-state index contributed by atoms with van der Waals surface area (Å²) in [5.74, 6) is 0. The molecule has 0 unspecified atom stereocenters. The standard InChI is InChI=1S/C10H14NO3S/c12-15(13,10-4-2-1-3-5-10)11-6-8-14-9-7-11/h2-5H,1,6-9H2. The lowest BCUT2D eigenvalue weighted by molar-refractivity contribution is 0.0734. The van der Waals surface area contributed by atoms with Gasteiger partial charge in [0, 0.05) is 13.1 Å². The van der Waals surface area contributed by atoms with Crippen molar-refractivity contribution in [2.45, 2.75) is 6.42 Å². The van der Waals surface area contributed by atoms with Crippen LogP contribution in [0.25, 0.3) is 0 Å². The van der Waals surface area contributed by atoms with Gasteiger partial charge in [0.1, 0.15) is 0 Å². The number of hydrogen-bond donors (Lipinski definition) is 0. The molecule has 15 heavy (non-hydrogen) atoms. The zero-order valence-electron chi connectivity index (χ0n) is 8.43. The minimum atomic E-state index is -3.29. The summed E-state index contributed by atoms with van der Waals surface area (Å²) >= 11 is 0. The maximum absolute atomic E-state index is 12.1. The molecule has 0 bridgehead atoms. The van der Waals surface area contributed by atoms with Crippen LogP contribution in [0.1, 0.15) is 6.42 Å². The first-order chi connectivity index (χ1) is 7.21. The van der Waals surface area contributed by atoms with E-state index in [2.05, 4.69) is 0 Å². The highest BCUT2D eigenvalue weighted by Gasteiger charge is 2.27. The Bertz CT molecular complexity index is 377. The number of ether oxygens (including phenoxy) is 1. The summed E-state index contributed by atoms with van der Waals surface area (Å²) in [6.45, 7) is 1.88. The molecule has 0 aromatic rings. The minimum Gasteiger partial charge on any atom is -0.379 e. The van der Waals surface area contributed by atoms with Crippen molar-refractivity contribution in [1.82, 2.24) is 4.31 Å². The topological polar surface area (TPSA) is 46.6 Å². The molecule has 0 N–H and O–H groups in total. The molecule has 1 radical (unpaired) electrons. The highest BCUT2D eigenvalue weighted by atomic mass is 32.2. The zero-order chi connectivity index (χ0) is 10.7. The fourth-order valence-corrected chi connectivity index (χ4v) is 3.07. The van der Waals surface area contributed by atoms with Gasteiger partial charge in [-0.2, -0.15) is 4.31 Å². The smallest absolute Gasteiger partial charge is 0.242 e. The van der Waals surface area contributed by atoms with Crippen molar-refractivity contribution >= 4 is 10.0 Å². The van der Waals surface area contributed by atoms with E-state index in [4.69, 9.17) is 4.74 Å². The Morgan fingerprint density at radius 1 is 1.27 bits per heavy atom. The third kappa shape index (κ3) is 2.30. The Kier molecular flexibility index (Phi) is 3.23. The predicted molar refractivity (Wildman–Crippen MR) is 57.5 cm³/mol. The van der Waals surface area contributed by atoms with Gasteiger partial charge in [0.25, 0.3) is 0 Å².